The van der Waals surface area contributed by atoms with Gasteiger partial charge in [-0.05, 0) is 0 Å². The van der Waals surface area contributed by atoms with E-state index in [-0.39, 0.29) is 5.91 Å². The molecule has 1 amide bonds. The molecule has 2 heterocycles. The van der Waals surface area contributed by atoms with E-state index in [2.05, 4.69) is 15.0 Å². The first-order valence-corrected chi connectivity index (χ1v) is 6.33. The first-order chi connectivity index (χ1) is 8.96. The number of nitrogens with one attached hydrogen (secondary N) is 1. The molecule has 19 heavy (non-hydrogen) atoms. The van der Waals surface area contributed by atoms with E-state index in [1.165, 1.54) is 0 Å². The minimum absolute atomic E-state index is 0.341. The number of rotatable bonds is 4. The van der Waals surface area contributed by atoms with Crippen LogP contribution in [0.5, 0.6) is 0 Å². The van der Waals surface area contributed by atoms with Crippen LogP contribution in [0, 0.1) is 0 Å². The zero-order chi connectivity index (χ0) is 13.9. The van der Waals surface area contributed by atoms with Crippen LogP contribution >= 0.6 is 0 Å². The van der Waals surface area contributed by atoms with Crippen molar-refractivity contribution in [3.63, 3.8) is 0 Å². The predicted octanol–water partition coefficient (Wildman–Crippen LogP) is -0.319. The highest BCUT2D eigenvalue weighted by atomic mass is 19.4. The molecule has 0 saturated carbocycles. The summed E-state index contributed by atoms with van der Waals surface area (Å²) in [7, 11) is 0. The Morgan fingerprint density at radius 3 is 2.47 bits per heavy atom. The first kappa shape index (κ1) is 14.5. The molecule has 0 radical (unpaired) electrons. The fraction of sp³-hybridized carbons (Fsp3) is 0.909. The van der Waals surface area contributed by atoms with Gasteiger partial charge in [0.15, 0.2) is 0 Å². The molecule has 1 N–H and O–H groups in total. The van der Waals surface area contributed by atoms with Gasteiger partial charge in [0, 0.05) is 45.3 Å². The summed E-state index contributed by atoms with van der Waals surface area (Å²) >= 11 is 0. The third-order valence-electron chi connectivity index (χ3n) is 3.37. The third-order valence-corrected chi connectivity index (χ3v) is 3.37. The van der Waals surface area contributed by atoms with Gasteiger partial charge in [-0.1, -0.05) is 0 Å². The Hall–Kier alpha value is -0.860. The molecule has 0 aromatic carbocycles. The monoisotopic (exact) mass is 281 g/mol. The molecule has 0 bridgehead atoms. The molecule has 0 spiro atoms. The van der Waals surface area contributed by atoms with Gasteiger partial charge in [-0.15, -0.1) is 0 Å². The van der Waals surface area contributed by atoms with Gasteiger partial charge in [-0.2, -0.15) is 13.2 Å². The van der Waals surface area contributed by atoms with Gasteiger partial charge < -0.3 is 15.0 Å². The molecule has 0 aliphatic carbocycles. The van der Waals surface area contributed by atoms with E-state index >= 15 is 0 Å². The van der Waals surface area contributed by atoms with Crippen molar-refractivity contribution < 1.29 is 22.7 Å². The van der Waals surface area contributed by atoms with Crippen LogP contribution in [-0.4, -0.2) is 80.4 Å². The van der Waals surface area contributed by atoms with Crippen molar-refractivity contribution in [3.05, 3.63) is 0 Å². The SMILES string of the molecule is O=C(COCC(F)(F)F)N1CC(N2CCNCC2)C1. The van der Waals surface area contributed by atoms with Crippen LogP contribution < -0.4 is 5.32 Å². The van der Waals surface area contributed by atoms with Crippen LogP contribution in [0.15, 0.2) is 0 Å². The van der Waals surface area contributed by atoms with Gasteiger partial charge in [0.25, 0.3) is 0 Å². The maximum absolute atomic E-state index is 11.8. The topological polar surface area (TPSA) is 44.8 Å². The van der Waals surface area contributed by atoms with Crippen molar-refractivity contribution in [2.45, 2.75) is 12.2 Å². The Kier molecular flexibility index (Phi) is 4.64. The Labute approximate surface area is 109 Å². The summed E-state index contributed by atoms with van der Waals surface area (Å²) in [5.74, 6) is -0.365. The highest BCUT2D eigenvalue weighted by molar-refractivity contribution is 5.78. The van der Waals surface area contributed by atoms with Gasteiger partial charge in [-0.3, -0.25) is 9.69 Å². The number of carbonyl (C=O) groups excluding carboxylic acids is 1. The van der Waals surface area contributed by atoms with Gasteiger partial charge in [0.05, 0.1) is 0 Å². The second-order valence-electron chi connectivity index (χ2n) is 4.85. The van der Waals surface area contributed by atoms with Crippen molar-refractivity contribution in [3.8, 4) is 0 Å². The van der Waals surface area contributed by atoms with Crippen LogP contribution in [0.25, 0.3) is 0 Å². The molecule has 2 fully saturated rings. The van der Waals surface area contributed by atoms with E-state index in [1.54, 1.807) is 4.90 Å². The molecular formula is C11H18F3N3O2. The summed E-state index contributed by atoms with van der Waals surface area (Å²) < 4.78 is 39.9. The average Bonchev–Trinajstić information content (AvgIpc) is 2.26. The van der Waals surface area contributed by atoms with E-state index < -0.39 is 19.4 Å². The molecule has 0 atom stereocenters. The zero-order valence-electron chi connectivity index (χ0n) is 10.6. The van der Waals surface area contributed by atoms with Gasteiger partial charge in [0.2, 0.25) is 5.91 Å². The molecule has 0 aromatic heterocycles. The Morgan fingerprint density at radius 2 is 1.89 bits per heavy atom. The van der Waals surface area contributed by atoms with Gasteiger partial charge >= 0.3 is 6.18 Å². The van der Waals surface area contributed by atoms with Crippen LogP contribution in [0.1, 0.15) is 0 Å². The lowest BCUT2D eigenvalue weighted by Crippen LogP contribution is -2.64. The molecule has 2 saturated heterocycles. The third kappa shape index (κ3) is 4.32. The highest BCUT2D eigenvalue weighted by Crippen LogP contribution is 2.17. The van der Waals surface area contributed by atoms with E-state index in [9.17, 15) is 18.0 Å². The fourth-order valence-electron chi connectivity index (χ4n) is 2.28. The van der Waals surface area contributed by atoms with Crippen molar-refractivity contribution in [1.29, 1.82) is 0 Å². The van der Waals surface area contributed by atoms with Gasteiger partial charge in [0.1, 0.15) is 13.2 Å². The lowest BCUT2D eigenvalue weighted by atomic mass is 10.1. The molecule has 0 aromatic rings. The second kappa shape index (κ2) is 6.06. The maximum atomic E-state index is 11.8. The number of hydrogen-bond acceptors (Lipinski definition) is 4. The minimum Gasteiger partial charge on any atom is -0.362 e. The van der Waals surface area contributed by atoms with Crippen LogP contribution in [0.3, 0.4) is 0 Å². The molecule has 2 aliphatic rings. The molecule has 8 heteroatoms. The molecule has 2 aliphatic heterocycles. The van der Waals surface area contributed by atoms with Crippen molar-refractivity contribution in [2.75, 3.05) is 52.5 Å². The average molecular weight is 281 g/mol. The molecular weight excluding hydrogens is 263 g/mol. The summed E-state index contributed by atoms with van der Waals surface area (Å²) in [4.78, 5) is 15.4. The highest BCUT2D eigenvalue weighted by Gasteiger charge is 2.35. The Morgan fingerprint density at radius 1 is 1.26 bits per heavy atom. The largest absolute Gasteiger partial charge is 0.411 e. The van der Waals surface area contributed by atoms with Gasteiger partial charge in [-0.25, -0.2) is 0 Å². The van der Waals surface area contributed by atoms with Crippen molar-refractivity contribution in [1.82, 2.24) is 15.1 Å². The number of alkyl halides is 3. The summed E-state index contributed by atoms with van der Waals surface area (Å²) in [5.41, 5.74) is 0. The standard InChI is InChI=1S/C11H18F3N3O2/c12-11(13,14)8-19-7-10(18)17-5-9(6-17)16-3-1-15-2-4-16/h9,15H,1-8H2. The number of ether oxygens (including phenoxy) is 1. The molecule has 5 nitrogen and oxygen atoms in total. The lowest BCUT2D eigenvalue weighted by Gasteiger charge is -2.46. The van der Waals surface area contributed by atoms with Crippen LogP contribution in [0.2, 0.25) is 0 Å². The van der Waals surface area contributed by atoms with E-state index in [0.717, 1.165) is 26.2 Å². The van der Waals surface area contributed by atoms with Crippen LogP contribution in [0.4, 0.5) is 13.2 Å². The number of piperazine rings is 1. The van der Waals surface area contributed by atoms with Crippen molar-refractivity contribution in [2.24, 2.45) is 0 Å². The summed E-state index contributed by atoms with van der Waals surface area (Å²) in [6.45, 7) is 3.12. The Bertz CT molecular complexity index is 313. The summed E-state index contributed by atoms with van der Waals surface area (Å²) in [5, 5.41) is 3.25. The summed E-state index contributed by atoms with van der Waals surface area (Å²) in [6.07, 6.45) is -4.38. The Balaban J connectivity index is 1.61. The van der Waals surface area contributed by atoms with E-state index in [1.807, 2.05) is 0 Å². The number of carbonyl (C=O) groups is 1. The quantitative estimate of drug-likeness (QED) is 0.767. The number of amides is 1. The van der Waals surface area contributed by atoms with E-state index in [0.29, 0.717) is 19.1 Å². The molecule has 0 unspecified atom stereocenters. The molecule has 110 valence electrons. The number of hydrogen-bond donors (Lipinski definition) is 1. The zero-order valence-corrected chi connectivity index (χ0v) is 10.6. The summed E-state index contributed by atoms with van der Waals surface area (Å²) in [6, 6.07) is 0.341. The second-order valence-corrected chi connectivity index (χ2v) is 4.85. The maximum Gasteiger partial charge on any atom is 0.411 e. The molecule has 2 rings (SSSR count). The number of nitrogens with zero attached hydrogens (tertiary/aromatic N) is 2. The lowest BCUT2D eigenvalue weighted by molar-refractivity contribution is -0.179. The van der Waals surface area contributed by atoms with Crippen LogP contribution in [-0.2, 0) is 9.53 Å². The first-order valence-electron chi connectivity index (χ1n) is 6.33. The number of likely N-dealkylation sites (tertiary alicyclic amines) is 1. The minimum atomic E-state index is -4.38. The van der Waals surface area contributed by atoms with E-state index in [4.69, 9.17) is 0 Å². The van der Waals surface area contributed by atoms with Crippen molar-refractivity contribution >= 4 is 5.91 Å². The normalized spacial score (nSPS) is 22.4. The number of halogens is 3. The predicted molar refractivity (Wildman–Crippen MR) is 61.7 cm³/mol. The fourth-order valence-corrected chi connectivity index (χ4v) is 2.28. The smallest absolute Gasteiger partial charge is 0.362 e.